The first-order valence-electron chi connectivity index (χ1n) is 5.04. The van der Waals surface area contributed by atoms with Crippen molar-refractivity contribution in [2.45, 2.75) is 0 Å². The molecule has 0 aliphatic rings. The van der Waals surface area contributed by atoms with E-state index in [0.717, 1.165) is 4.47 Å². The average molecular weight is 308 g/mol. The molecule has 0 radical (unpaired) electrons. The maximum absolute atomic E-state index is 11.3. The fourth-order valence-corrected chi connectivity index (χ4v) is 1.75. The van der Waals surface area contributed by atoms with Crippen LogP contribution in [0.3, 0.4) is 0 Å². The van der Waals surface area contributed by atoms with E-state index >= 15 is 0 Å². The van der Waals surface area contributed by atoms with Crippen molar-refractivity contribution in [3.8, 4) is 11.5 Å². The number of hydrogen-bond donors (Lipinski definition) is 2. The molecule has 4 N–H and O–H groups in total. The van der Waals surface area contributed by atoms with Crippen molar-refractivity contribution < 1.29 is 9.53 Å². The normalized spacial score (nSPS) is 10.1. The van der Waals surface area contributed by atoms with Gasteiger partial charge in [-0.25, -0.2) is 0 Å². The highest BCUT2D eigenvalue weighted by Crippen LogP contribution is 2.27. The van der Waals surface area contributed by atoms with E-state index in [4.69, 9.17) is 16.2 Å². The Morgan fingerprint density at radius 1 is 1.28 bits per heavy atom. The second-order valence-electron chi connectivity index (χ2n) is 3.56. The maximum atomic E-state index is 11.3. The van der Waals surface area contributed by atoms with E-state index in [-0.39, 0.29) is 5.56 Å². The molecule has 92 valence electrons. The van der Waals surface area contributed by atoms with Gasteiger partial charge < -0.3 is 16.2 Å². The monoisotopic (exact) mass is 307 g/mol. The molecule has 0 saturated carbocycles. The zero-order chi connectivity index (χ0) is 13.1. The Morgan fingerprint density at radius 3 is 2.72 bits per heavy atom. The summed E-state index contributed by atoms with van der Waals surface area (Å²) in [6.07, 6.45) is 3.16. The van der Waals surface area contributed by atoms with Gasteiger partial charge in [-0.3, -0.25) is 9.78 Å². The predicted molar refractivity (Wildman–Crippen MR) is 71.4 cm³/mol. The standard InChI is InChI=1S/C12H10BrN3O2/c13-7-3-9(6-16-5-7)18-11-2-1-8(14)4-10(11)12(15)17/h1-6H,14H2,(H2,15,17). The van der Waals surface area contributed by atoms with E-state index in [9.17, 15) is 4.79 Å². The lowest BCUT2D eigenvalue weighted by molar-refractivity contribution is 0.0998. The van der Waals surface area contributed by atoms with Gasteiger partial charge >= 0.3 is 0 Å². The quantitative estimate of drug-likeness (QED) is 0.851. The summed E-state index contributed by atoms with van der Waals surface area (Å²) in [5.41, 5.74) is 11.5. The van der Waals surface area contributed by atoms with Crippen molar-refractivity contribution in [2.75, 3.05) is 5.73 Å². The molecule has 2 rings (SSSR count). The molecule has 1 aromatic heterocycles. The minimum Gasteiger partial charge on any atom is -0.455 e. The molecule has 1 amide bonds. The molecule has 0 aliphatic heterocycles. The molecule has 1 heterocycles. The van der Waals surface area contributed by atoms with Gasteiger partial charge in [0.05, 0.1) is 11.8 Å². The summed E-state index contributed by atoms with van der Waals surface area (Å²) >= 11 is 3.28. The van der Waals surface area contributed by atoms with E-state index in [1.165, 1.54) is 12.3 Å². The van der Waals surface area contributed by atoms with Crippen molar-refractivity contribution in [1.29, 1.82) is 0 Å². The lowest BCUT2D eigenvalue weighted by atomic mass is 10.1. The molecule has 0 fully saturated rings. The summed E-state index contributed by atoms with van der Waals surface area (Å²) in [6, 6.07) is 6.43. The third kappa shape index (κ3) is 2.78. The Kier molecular flexibility index (Phi) is 3.47. The van der Waals surface area contributed by atoms with Crippen LogP contribution in [0.2, 0.25) is 0 Å². The molecule has 0 spiro atoms. The Hall–Kier alpha value is -2.08. The second kappa shape index (κ2) is 5.05. The molecule has 1 aromatic carbocycles. The van der Waals surface area contributed by atoms with E-state index in [1.807, 2.05) is 0 Å². The van der Waals surface area contributed by atoms with Crippen molar-refractivity contribution in [3.05, 3.63) is 46.7 Å². The highest BCUT2D eigenvalue weighted by Gasteiger charge is 2.11. The number of nitrogen functional groups attached to an aromatic ring is 1. The van der Waals surface area contributed by atoms with Crippen molar-refractivity contribution in [2.24, 2.45) is 5.73 Å². The average Bonchev–Trinajstić information content (AvgIpc) is 2.31. The van der Waals surface area contributed by atoms with Gasteiger partial charge in [0, 0.05) is 16.4 Å². The maximum Gasteiger partial charge on any atom is 0.252 e. The van der Waals surface area contributed by atoms with Gasteiger partial charge in [0.1, 0.15) is 11.5 Å². The van der Waals surface area contributed by atoms with Crippen LogP contribution in [0.1, 0.15) is 10.4 Å². The number of carbonyl (C=O) groups excluding carboxylic acids is 1. The summed E-state index contributed by atoms with van der Waals surface area (Å²) in [5, 5.41) is 0. The van der Waals surface area contributed by atoms with Crippen LogP contribution >= 0.6 is 15.9 Å². The van der Waals surface area contributed by atoms with Gasteiger partial charge in [0.2, 0.25) is 0 Å². The fourth-order valence-electron chi connectivity index (χ4n) is 1.40. The number of amides is 1. The van der Waals surface area contributed by atoms with E-state index in [2.05, 4.69) is 20.9 Å². The molecule has 0 unspecified atom stereocenters. The molecule has 0 atom stereocenters. The van der Waals surface area contributed by atoms with E-state index in [1.54, 1.807) is 24.4 Å². The van der Waals surface area contributed by atoms with E-state index in [0.29, 0.717) is 17.2 Å². The Balaban J connectivity index is 2.37. The van der Waals surface area contributed by atoms with Crippen LogP contribution in [0.5, 0.6) is 11.5 Å². The summed E-state index contributed by atoms with van der Waals surface area (Å²) < 4.78 is 6.33. The second-order valence-corrected chi connectivity index (χ2v) is 4.48. The molecule has 2 aromatic rings. The van der Waals surface area contributed by atoms with Crippen LogP contribution in [0.15, 0.2) is 41.1 Å². The topological polar surface area (TPSA) is 91.2 Å². The van der Waals surface area contributed by atoms with Gasteiger partial charge in [0.15, 0.2) is 0 Å². The zero-order valence-electron chi connectivity index (χ0n) is 9.26. The number of nitrogens with two attached hydrogens (primary N) is 2. The van der Waals surface area contributed by atoms with E-state index < -0.39 is 5.91 Å². The highest BCUT2D eigenvalue weighted by molar-refractivity contribution is 9.10. The molecule has 18 heavy (non-hydrogen) atoms. The first-order chi connectivity index (χ1) is 8.56. The summed E-state index contributed by atoms with van der Waals surface area (Å²) in [7, 11) is 0. The van der Waals surface area contributed by atoms with Gasteiger partial charge in [-0.1, -0.05) is 0 Å². The lowest BCUT2D eigenvalue weighted by Gasteiger charge is -2.09. The number of nitrogens with zero attached hydrogens (tertiary/aromatic N) is 1. The molecule has 0 saturated heterocycles. The Labute approximate surface area is 112 Å². The number of anilines is 1. The number of benzene rings is 1. The number of hydrogen-bond acceptors (Lipinski definition) is 4. The third-order valence-corrected chi connectivity index (χ3v) is 2.61. The molecule has 0 bridgehead atoms. The van der Waals surface area contributed by atoms with Crippen LogP contribution in [-0.2, 0) is 0 Å². The largest absolute Gasteiger partial charge is 0.455 e. The minimum atomic E-state index is -0.597. The van der Waals surface area contributed by atoms with Crippen molar-refractivity contribution in [3.63, 3.8) is 0 Å². The van der Waals surface area contributed by atoms with Gasteiger partial charge in [-0.05, 0) is 40.2 Å². The van der Waals surface area contributed by atoms with Crippen molar-refractivity contribution in [1.82, 2.24) is 4.98 Å². The molecular formula is C12H10BrN3O2. The number of halogens is 1. The van der Waals surface area contributed by atoms with Gasteiger partial charge in [0.25, 0.3) is 5.91 Å². The van der Waals surface area contributed by atoms with Crippen LogP contribution in [0.4, 0.5) is 5.69 Å². The molecular weight excluding hydrogens is 298 g/mol. The fraction of sp³-hybridized carbons (Fsp3) is 0. The highest BCUT2D eigenvalue weighted by atomic mass is 79.9. The Morgan fingerprint density at radius 2 is 2.06 bits per heavy atom. The third-order valence-electron chi connectivity index (χ3n) is 2.18. The minimum absolute atomic E-state index is 0.231. The number of primary amides is 1. The van der Waals surface area contributed by atoms with Crippen LogP contribution in [-0.4, -0.2) is 10.9 Å². The molecule has 0 aliphatic carbocycles. The van der Waals surface area contributed by atoms with Crippen LogP contribution < -0.4 is 16.2 Å². The lowest BCUT2D eigenvalue weighted by Crippen LogP contribution is -2.12. The Bertz CT molecular complexity index is 602. The number of aromatic nitrogens is 1. The number of carbonyl (C=O) groups is 1. The summed E-state index contributed by atoms with van der Waals surface area (Å²) in [5.74, 6) is 0.244. The summed E-state index contributed by atoms with van der Waals surface area (Å²) in [4.78, 5) is 15.3. The predicted octanol–water partition coefficient (Wildman–Crippen LogP) is 2.32. The van der Waals surface area contributed by atoms with Gasteiger partial charge in [-0.2, -0.15) is 0 Å². The smallest absolute Gasteiger partial charge is 0.252 e. The summed E-state index contributed by atoms with van der Waals surface area (Å²) in [6.45, 7) is 0. The number of rotatable bonds is 3. The molecule has 6 heteroatoms. The van der Waals surface area contributed by atoms with Crippen molar-refractivity contribution >= 4 is 27.5 Å². The zero-order valence-corrected chi connectivity index (χ0v) is 10.8. The number of ether oxygens (including phenoxy) is 1. The molecule has 5 nitrogen and oxygen atoms in total. The SMILES string of the molecule is NC(=O)c1cc(N)ccc1Oc1cncc(Br)c1. The van der Waals surface area contributed by atoms with Crippen LogP contribution in [0, 0.1) is 0 Å². The number of pyridine rings is 1. The van der Waals surface area contributed by atoms with Crippen LogP contribution in [0.25, 0.3) is 0 Å². The van der Waals surface area contributed by atoms with Gasteiger partial charge in [-0.15, -0.1) is 0 Å². The first kappa shape index (κ1) is 12.4. The first-order valence-corrected chi connectivity index (χ1v) is 5.83.